The van der Waals surface area contributed by atoms with Crippen molar-refractivity contribution < 1.29 is 27.9 Å². The van der Waals surface area contributed by atoms with E-state index in [2.05, 4.69) is 66.9 Å². The molecule has 2 heterocycles. The van der Waals surface area contributed by atoms with Gasteiger partial charge in [0, 0.05) is 38.1 Å². The zero-order valence-electron chi connectivity index (χ0n) is 18.6. The standard InChI is InChI=1S/C22H27N3O.C2HF3O2/c1-15-3-6-18(7-4-15)21-9-16(2)25(14-21)22(26)24-11-17-5-8-19-12-23-13-20(19)10-17;3-2(4,5)1(6)7/h3-8,10,16,21,23H,9,11-14H2,1-2H3,(H,24,26);(H,6,7). The third-order valence-electron chi connectivity index (χ3n) is 5.97. The second kappa shape index (κ2) is 10.2. The number of hydrogen-bond donors (Lipinski definition) is 3. The Morgan fingerprint density at radius 1 is 1.12 bits per heavy atom. The predicted molar refractivity (Wildman–Crippen MR) is 118 cm³/mol. The molecule has 6 nitrogen and oxygen atoms in total. The van der Waals surface area contributed by atoms with Crippen molar-refractivity contribution in [2.24, 2.45) is 0 Å². The van der Waals surface area contributed by atoms with Gasteiger partial charge in [0.2, 0.25) is 0 Å². The average Bonchev–Trinajstić information content (AvgIpc) is 3.38. The van der Waals surface area contributed by atoms with Crippen LogP contribution >= 0.6 is 0 Å². The molecule has 2 aliphatic heterocycles. The van der Waals surface area contributed by atoms with Gasteiger partial charge < -0.3 is 20.6 Å². The van der Waals surface area contributed by atoms with E-state index in [0.29, 0.717) is 12.5 Å². The zero-order valence-corrected chi connectivity index (χ0v) is 18.6. The SMILES string of the molecule is Cc1ccc(C2CC(C)N(C(=O)NCc3ccc4c(c3)CNC4)C2)cc1.O=C(O)C(F)(F)F. The van der Waals surface area contributed by atoms with Crippen LogP contribution in [0.3, 0.4) is 0 Å². The van der Waals surface area contributed by atoms with Gasteiger partial charge in [0.05, 0.1) is 0 Å². The van der Waals surface area contributed by atoms with E-state index < -0.39 is 12.1 Å². The summed E-state index contributed by atoms with van der Waals surface area (Å²) in [5.74, 6) is -2.32. The second-order valence-electron chi connectivity index (χ2n) is 8.51. The average molecular weight is 464 g/mol. The zero-order chi connectivity index (χ0) is 24.2. The topological polar surface area (TPSA) is 81.7 Å². The lowest BCUT2D eigenvalue weighted by molar-refractivity contribution is -0.192. The fourth-order valence-electron chi connectivity index (χ4n) is 4.13. The molecule has 2 amide bonds. The molecule has 0 aromatic heterocycles. The van der Waals surface area contributed by atoms with E-state index in [1.54, 1.807) is 0 Å². The van der Waals surface area contributed by atoms with Crippen LogP contribution in [0.2, 0.25) is 0 Å². The molecular formula is C24H28F3N3O3. The number of amides is 2. The smallest absolute Gasteiger partial charge is 0.475 e. The van der Waals surface area contributed by atoms with Crippen molar-refractivity contribution in [3.05, 3.63) is 70.3 Å². The van der Waals surface area contributed by atoms with E-state index in [4.69, 9.17) is 9.90 Å². The van der Waals surface area contributed by atoms with Gasteiger partial charge in [0.1, 0.15) is 0 Å². The highest BCUT2D eigenvalue weighted by atomic mass is 19.4. The van der Waals surface area contributed by atoms with Crippen molar-refractivity contribution in [3.63, 3.8) is 0 Å². The molecule has 178 valence electrons. The number of nitrogens with zero attached hydrogens (tertiary/aromatic N) is 1. The summed E-state index contributed by atoms with van der Waals surface area (Å²) in [7, 11) is 0. The molecule has 0 saturated carbocycles. The predicted octanol–water partition coefficient (Wildman–Crippen LogP) is 4.32. The molecule has 0 spiro atoms. The number of alkyl halides is 3. The number of carboxylic acid groups (broad SMARTS) is 1. The van der Waals surface area contributed by atoms with Crippen molar-refractivity contribution >= 4 is 12.0 Å². The Balaban J connectivity index is 0.000000383. The molecule has 3 N–H and O–H groups in total. The Morgan fingerprint density at radius 2 is 1.76 bits per heavy atom. The molecule has 0 aliphatic carbocycles. The minimum absolute atomic E-state index is 0.0470. The van der Waals surface area contributed by atoms with Crippen molar-refractivity contribution in [2.75, 3.05) is 6.54 Å². The lowest BCUT2D eigenvalue weighted by Crippen LogP contribution is -2.41. The fraction of sp³-hybridized carbons (Fsp3) is 0.417. The van der Waals surface area contributed by atoms with Crippen LogP contribution in [0, 0.1) is 6.92 Å². The molecule has 0 radical (unpaired) electrons. The molecule has 0 bridgehead atoms. The number of hydrogen-bond acceptors (Lipinski definition) is 3. The number of carbonyl (C=O) groups is 2. The van der Waals surface area contributed by atoms with Crippen LogP contribution in [0.4, 0.5) is 18.0 Å². The lowest BCUT2D eigenvalue weighted by Gasteiger charge is -2.22. The lowest BCUT2D eigenvalue weighted by atomic mass is 9.96. The summed E-state index contributed by atoms with van der Waals surface area (Å²) in [5, 5.41) is 13.6. The molecule has 2 aromatic rings. The number of likely N-dealkylation sites (tertiary alicyclic amines) is 1. The third-order valence-corrected chi connectivity index (χ3v) is 5.97. The van der Waals surface area contributed by atoms with Gasteiger partial charge in [-0.15, -0.1) is 0 Å². The number of fused-ring (bicyclic) bond motifs is 1. The summed E-state index contributed by atoms with van der Waals surface area (Å²) in [5.41, 5.74) is 6.51. The molecule has 33 heavy (non-hydrogen) atoms. The first kappa shape index (κ1) is 24.6. The summed E-state index contributed by atoms with van der Waals surface area (Å²) in [6, 6.07) is 15.5. The summed E-state index contributed by atoms with van der Waals surface area (Å²) in [6.45, 7) is 7.52. The van der Waals surface area contributed by atoms with Gasteiger partial charge in [-0.1, -0.05) is 48.0 Å². The summed E-state index contributed by atoms with van der Waals surface area (Å²) >= 11 is 0. The van der Waals surface area contributed by atoms with E-state index in [9.17, 15) is 18.0 Å². The number of urea groups is 1. The quantitative estimate of drug-likeness (QED) is 0.633. The molecule has 2 aliphatic rings. The van der Waals surface area contributed by atoms with Crippen molar-refractivity contribution in [3.8, 4) is 0 Å². The number of aliphatic carboxylic acids is 1. The van der Waals surface area contributed by atoms with Crippen LogP contribution < -0.4 is 10.6 Å². The number of nitrogens with one attached hydrogen (secondary N) is 2. The molecule has 1 saturated heterocycles. The van der Waals surface area contributed by atoms with Crippen LogP contribution in [0.15, 0.2) is 42.5 Å². The normalized spacial score (nSPS) is 19.5. The maximum atomic E-state index is 12.7. The van der Waals surface area contributed by atoms with Gasteiger partial charge in [0.25, 0.3) is 0 Å². The molecule has 1 fully saturated rings. The van der Waals surface area contributed by atoms with Crippen LogP contribution in [-0.4, -0.2) is 40.8 Å². The van der Waals surface area contributed by atoms with Crippen LogP contribution in [0.1, 0.15) is 47.1 Å². The number of halogens is 3. The highest BCUT2D eigenvalue weighted by Crippen LogP contribution is 2.31. The van der Waals surface area contributed by atoms with Crippen LogP contribution in [-0.2, 0) is 24.4 Å². The third kappa shape index (κ3) is 6.47. The maximum absolute atomic E-state index is 12.7. The fourth-order valence-corrected chi connectivity index (χ4v) is 4.13. The number of benzene rings is 2. The molecular weight excluding hydrogens is 435 g/mol. The Bertz CT molecular complexity index is 993. The number of aryl methyl sites for hydroxylation is 1. The number of carboxylic acids is 1. The van der Waals surface area contributed by atoms with Gasteiger partial charge in [-0.05, 0) is 42.5 Å². The van der Waals surface area contributed by atoms with Crippen LogP contribution in [0.5, 0.6) is 0 Å². The Hall–Kier alpha value is -3.07. The van der Waals surface area contributed by atoms with E-state index in [1.807, 2.05) is 4.90 Å². The van der Waals surface area contributed by atoms with Gasteiger partial charge in [-0.2, -0.15) is 13.2 Å². The van der Waals surface area contributed by atoms with E-state index >= 15 is 0 Å². The number of rotatable bonds is 3. The Labute approximate surface area is 190 Å². The summed E-state index contributed by atoms with van der Waals surface area (Å²) in [4.78, 5) is 23.6. The molecule has 4 rings (SSSR count). The van der Waals surface area contributed by atoms with E-state index in [-0.39, 0.29) is 12.1 Å². The summed E-state index contributed by atoms with van der Waals surface area (Å²) < 4.78 is 31.7. The Morgan fingerprint density at radius 3 is 2.39 bits per heavy atom. The van der Waals surface area contributed by atoms with Crippen molar-refractivity contribution in [1.82, 2.24) is 15.5 Å². The van der Waals surface area contributed by atoms with Gasteiger partial charge >= 0.3 is 18.2 Å². The van der Waals surface area contributed by atoms with Crippen LogP contribution in [0.25, 0.3) is 0 Å². The highest BCUT2D eigenvalue weighted by molar-refractivity contribution is 5.75. The Kier molecular flexibility index (Phi) is 7.63. The largest absolute Gasteiger partial charge is 0.490 e. The maximum Gasteiger partial charge on any atom is 0.490 e. The molecule has 2 aromatic carbocycles. The second-order valence-corrected chi connectivity index (χ2v) is 8.51. The minimum atomic E-state index is -5.08. The highest BCUT2D eigenvalue weighted by Gasteiger charge is 2.38. The van der Waals surface area contributed by atoms with Crippen molar-refractivity contribution in [2.45, 2.75) is 58.0 Å². The molecule has 2 atom stereocenters. The minimum Gasteiger partial charge on any atom is -0.475 e. The van der Waals surface area contributed by atoms with Gasteiger partial charge in [-0.3, -0.25) is 0 Å². The van der Waals surface area contributed by atoms with Gasteiger partial charge in [0.15, 0.2) is 0 Å². The molecule has 2 unspecified atom stereocenters. The first-order valence-electron chi connectivity index (χ1n) is 10.8. The number of carbonyl (C=O) groups excluding carboxylic acids is 1. The monoisotopic (exact) mass is 463 g/mol. The van der Waals surface area contributed by atoms with Crippen molar-refractivity contribution in [1.29, 1.82) is 0 Å². The first-order valence-corrected chi connectivity index (χ1v) is 10.8. The summed E-state index contributed by atoms with van der Waals surface area (Å²) in [6.07, 6.45) is -4.05. The van der Waals surface area contributed by atoms with E-state index in [1.165, 1.54) is 27.8 Å². The van der Waals surface area contributed by atoms with Gasteiger partial charge in [-0.25, -0.2) is 9.59 Å². The van der Waals surface area contributed by atoms with E-state index in [0.717, 1.165) is 26.1 Å². The first-order chi connectivity index (χ1) is 15.5. The molecule has 9 heteroatoms.